The number of allylic oxidation sites excluding steroid dienone is 2. The van der Waals surface area contributed by atoms with Gasteiger partial charge < -0.3 is 11.5 Å². The molecule has 0 aliphatic heterocycles. The van der Waals surface area contributed by atoms with Gasteiger partial charge in [-0.3, -0.25) is 0 Å². The summed E-state index contributed by atoms with van der Waals surface area (Å²) in [6.07, 6.45) is 4.60. The number of hydrogen-bond donors (Lipinski definition) is 2. The average Bonchev–Trinajstić information content (AvgIpc) is 2.19. The van der Waals surface area contributed by atoms with Crippen LogP contribution in [0.5, 0.6) is 0 Å². The Labute approximate surface area is 82.7 Å². The molecule has 0 fully saturated rings. The van der Waals surface area contributed by atoms with Crippen LogP contribution >= 0.6 is 0 Å². The molecule has 0 aliphatic carbocycles. The fourth-order valence-corrected chi connectivity index (χ4v) is 0.816. The lowest BCUT2D eigenvalue weighted by Crippen LogP contribution is -1.89. The van der Waals surface area contributed by atoms with E-state index in [0.717, 1.165) is 5.57 Å². The fourth-order valence-electron chi connectivity index (χ4n) is 0.816. The van der Waals surface area contributed by atoms with Gasteiger partial charge in [0.15, 0.2) is 5.82 Å². The van der Waals surface area contributed by atoms with Crippen molar-refractivity contribution in [1.29, 1.82) is 0 Å². The maximum atomic E-state index is 5.49. The number of aromatic nitrogens is 1. The molecule has 0 amide bonds. The van der Waals surface area contributed by atoms with Crippen LogP contribution < -0.4 is 11.5 Å². The van der Waals surface area contributed by atoms with E-state index in [0.29, 0.717) is 11.6 Å². The second-order valence-electron chi connectivity index (χ2n) is 2.55. The lowest BCUT2D eigenvalue weighted by molar-refractivity contribution is 1.29. The van der Waals surface area contributed by atoms with Crippen molar-refractivity contribution >= 4 is 17.9 Å². The minimum absolute atomic E-state index is 0.441. The third kappa shape index (κ3) is 2.75. The summed E-state index contributed by atoms with van der Waals surface area (Å²) in [7, 11) is 0. The molecule has 1 rings (SSSR count). The van der Waals surface area contributed by atoms with Crippen LogP contribution in [0.1, 0.15) is 0 Å². The van der Waals surface area contributed by atoms with E-state index in [1.165, 1.54) is 6.20 Å². The summed E-state index contributed by atoms with van der Waals surface area (Å²) in [4.78, 5) is 8.06. The quantitative estimate of drug-likeness (QED) is 0.556. The molecule has 14 heavy (non-hydrogen) atoms. The summed E-state index contributed by atoms with van der Waals surface area (Å²) in [5.74, 6) is 0.989. The van der Waals surface area contributed by atoms with E-state index in [-0.39, 0.29) is 0 Å². The number of nitrogen functional groups attached to an aromatic ring is 1. The van der Waals surface area contributed by atoms with E-state index in [1.54, 1.807) is 30.5 Å². The number of pyridine rings is 1. The van der Waals surface area contributed by atoms with Crippen LogP contribution in [0.15, 0.2) is 47.6 Å². The molecule has 1 aromatic rings. The minimum atomic E-state index is 0.441. The summed E-state index contributed by atoms with van der Waals surface area (Å²) in [5, 5.41) is 0. The molecule has 1 heterocycles. The highest BCUT2D eigenvalue weighted by molar-refractivity contribution is 5.83. The van der Waals surface area contributed by atoms with Crippen LogP contribution in [-0.4, -0.2) is 11.2 Å². The van der Waals surface area contributed by atoms with Gasteiger partial charge in [0.25, 0.3) is 0 Å². The molecule has 4 nitrogen and oxygen atoms in total. The van der Waals surface area contributed by atoms with Crippen LogP contribution in [0.4, 0.5) is 11.6 Å². The highest BCUT2D eigenvalue weighted by Crippen LogP contribution is 2.09. The first-order valence-electron chi connectivity index (χ1n) is 4.07. The van der Waals surface area contributed by atoms with Gasteiger partial charge in [0.2, 0.25) is 0 Å². The van der Waals surface area contributed by atoms with E-state index in [2.05, 4.69) is 16.6 Å². The van der Waals surface area contributed by atoms with Gasteiger partial charge in [0, 0.05) is 18.0 Å². The Morgan fingerprint density at radius 3 is 2.86 bits per heavy atom. The molecule has 72 valence electrons. The molecule has 0 radical (unpaired) electrons. The third-order valence-electron chi connectivity index (χ3n) is 1.53. The SMILES string of the molecule is C=CC(C=Nc1cccc(N)n1)=CN. The molecule has 0 aromatic carbocycles. The lowest BCUT2D eigenvalue weighted by atomic mass is 10.3. The molecule has 4 N–H and O–H groups in total. The van der Waals surface area contributed by atoms with Gasteiger partial charge in [-0.05, 0) is 12.1 Å². The Bertz CT molecular complexity index is 379. The van der Waals surface area contributed by atoms with Gasteiger partial charge in [-0.1, -0.05) is 18.7 Å². The number of rotatable bonds is 3. The maximum Gasteiger partial charge on any atom is 0.154 e. The molecular formula is C10H12N4. The first kappa shape index (κ1) is 9.98. The summed E-state index contributed by atoms with van der Waals surface area (Å²) < 4.78 is 0. The summed E-state index contributed by atoms with van der Waals surface area (Å²) in [6.45, 7) is 3.58. The summed E-state index contributed by atoms with van der Waals surface area (Å²) in [6, 6.07) is 5.24. The maximum absolute atomic E-state index is 5.49. The lowest BCUT2D eigenvalue weighted by Gasteiger charge is -1.94. The van der Waals surface area contributed by atoms with E-state index in [1.807, 2.05) is 0 Å². The fraction of sp³-hybridized carbons (Fsp3) is 0. The molecular weight excluding hydrogens is 176 g/mol. The Kier molecular flexibility index (Phi) is 3.43. The summed E-state index contributed by atoms with van der Waals surface area (Å²) in [5.41, 5.74) is 11.5. The zero-order chi connectivity index (χ0) is 10.4. The van der Waals surface area contributed by atoms with Crippen molar-refractivity contribution in [2.75, 3.05) is 5.73 Å². The number of hydrogen-bond acceptors (Lipinski definition) is 4. The van der Waals surface area contributed by atoms with Gasteiger partial charge in [-0.15, -0.1) is 0 Å². The van der Waals surface area contributed by atoms with E-state index in [4.69, 9.17) is 11.5 Å². The van der Waals surface area contributed by atoms with Gasteiger partial charge in [0.1, 0.15) is 5.82 Å². The van der Waals surface area contributed by atoms with Gasteiger partial charge in [0.05, 0.1) is 0 Å². The second-order valence-corrected chi connectivity index (χ2v) is 2.55. The molecule has 0 saturated heterocycles. The van der Waals surface area contributed by atoms with Crippen molar-refractivity contribution in [2.45, 2.75) is 0 Å². The van der Waals surface area contributed by atoms with E-state index >= 15 is 0 Å². The molecule has 1 aromatic heterocycles. The standard InChI is InChI=1S/C10H12N4/c1-2-8(6-11)7-13-10-5-3-4-9(12)14-10/h2-7H,1,11H2,(H2,12,14). The molecule has 0 bridgehead atoms. The van der Waals surface area contributed by atoms with E-state index < -0.39 is 0 Å². The number of aliphatic imine (C=N–C) groups is 1. The van der Waals surface area contributed by atoms with Crippen molar-refractivity contribution in [3.63, 3.8) is 0 Å². The van der Waals surface area contributed by atoms with Crippen LogP contribution in [0.25, 0.3) is 0 Å². The molecule has 4 heteroatoms. The Balaban J connectivity index is 2.83. The van der Waals surface area contributed by atoms with Gasteiger partial charge in [-0.25, -0.2) is 9.98 Å². The highest BCUT2D eigenvalue weighted by atomic mass is 14.9. The van der Waals surface area contributed by atoms with Crippen molar-refractivity contribution < 1.29 is 0 Å². The van der Waals surface area contributed by atoms with Crippen molar-refractivity contribution in [3.05, 3.63) is 42.6 Å². The Morgan fingerprint density at radius 2 is 2.29 bits per heavy atom. The Morgan fingerprint density at radius 1 is 1.50 bits per heavy atom. The van der Waals surface area contributed by atoms with Gasteiger partial charge >= 0.3 is 0 Å². The van der Waals surface area contributed by atoms with Crippen LogP contribution in [0.2, 0.25) is 0 Å². The first-order chi connectivity index (χ1) is 6.76. The zero-order valence-corrected chi connectivity index (χ0v) is 7.72. The number of nitrogens with zero attached hydrogens (tertiary/aromatic N) is 2. The van der Waals surface area contributed by atoms with Crippen LogP contribution in [0, 0.1) is 0 Å². The Hall–Kier alpha value is -2.10. The first-order valence-corrected chi connectivity index (χ1v) is 4.07. The van der Waals surface area contributed by atoms with Gasteiger partial charge in [-0.2, -0.15) is 0 Å². The van der Waals surface area contributed by atoms with Crippen molar-refractivity contribution in [1.82, 2.24) is 4.98 Å². The third-order valence-corrected chi connectivity index (χ3v) is 1.53. The normalized spacial score (nSPS) is 11.9. The minimum Gasteiger partial charge on any atom is -0.404 e. The molecule has 0 aliphatic rings. The number of anilines is 1. The average molecular weight is 188 g/mol. The molecule has 0 unspecified atom stereocenters. The summed E-state index contributed by atoms with van der Waals surface area (Å²) >= 11 is 0. The zero-order valence-electron chi connectivity index (χ0n) is 7.72. The highest BCUT2D eigenvalue weighted by Gasteiger charge is 1.90. The molecule has 0 spiro atoms. The number of nitrogens with two attached hydrogens (primary N) is 2. The van der Waals surface area contributed by atoms with Crippen LogP contribution in [0.3, 0.4) is 0 Å². The topological polar surface area (TPSA) is 77.3 Å². The van der Waals surface area contributed by atoms with E-state index in [9.17, 15) is 0 Å². The molecule has 0 saturated carbocycles. The molecule has 0 atom stereocenters. The van der Waals surface area contributed by atoms with Crippen molar-refractivity contribution in [3.8, 4) is 0 Å². The predicted molar refractivity (Wildman–Crippen MR) is 59.3 cm³/mol. The smallest absolute Gasteiger partial charge is 0.154 e. The second kappa shape index (κ2) is 4.81. The largest absolute Gasteiger partial charge is 0.404 e. The predicted octanol–water partition coefficient (Wildman–Crippen LogP) is 1.39. The van der Waals surface area contributed by atoms with Crippen LogP contribution in [-0.2, 0) is 0 Å². The van der Waals surface area contributed by atoms with Crippen molar-refractivity contribution in [2.24, 2.45) is 10.7 Å². The monoisotopic (exact) mass is 188 g/mol.